The molecule has 2 rings (SSSR count). The highest BCUT2D eigenvalue weighted by atomic mass is 16.5. The van der Waals surface area contributed by atoms with Gasteiger partial charge >= 0.3 is 0 Å². The smallest absolute Gasteiger partial charge is 0.272 e. The molecule has 0 aromatic carbocycles. The Bertz CT molecular complexity index is 403. The fourth-order valence-electron chi connectivity index (χ4n) is 2.27. The van der Waals surface area contributed by atoms with Crippen LogP contribution in [0.25, 0.3) is 0 Å². The molecule has 6 heteroatoms. The van der Waals surface area contributed by atoms with Crippen LogP contribution in [-0.2, 0) is 9.47 Å². The van der Waals surface area contributed by atoms with Crippen molar-refractivity contribution in [2.45, 2.75) is 25.6 Å². The third kappa shape index (κ3) is 2.88. The molecule has 6 nitrogen and oxygen atoms in total. The quantitative estimate of drug-likeness (QED) is 0.860. The number of nitrogens with one attached hydrogen (secondary N) is 1. The van der Waals surface area contributed by atoms with E-state index in [1.807, 2.05) is 13.8 Å². The van der Waals surface area contributed by atoms with Crippen LogP contribution >= 0.6 is 0 Å². The summed E-state index contributed by atoms with van der Waals surface area (Å²) >= 11 is 0. The molecule has 1 N–H and O–H groups in total. The van der Waals surface area contributed by atoms with Gasteiger partial charge in [0.15, 0.2) is 0 Å². The van der Waals surface area contributed by atoms with Crippen molar-refractivity contribution in [2.75, 3.05) is 26.8 Å². The molecule has 100 valence electrons. The number of amides is 1. The predicted molar refractivity (Wildman–Crippen MR) is 65.3 cm³/mol. The summed E-state index contributed by atoms with van der Waals surface area (Å²) in [7, 11) is 1.63. The molecule has 2 heterocycles. The standard InChI is InChI=1S/C12H19N3O3/c1-12(2)8-15(6-9(18-12)7-17-3)11(16)10-4-5-13-14-10/h4-5,9H,6-8H2,1-3H3,(H,13,14)/t9-/m0/s1. The van der Waals surface area contributed by atoms with Gasteiger partial charge in [-0.15, -0.1) is 0 Å². The molecule has 0 aliphatic carbocycles. The molecule has 1 aromatic heterocycles. The Labute approximate surface area is 106 Å². The molecule has 0 radical (unpaired) electrons. The summed E-state index contributed by atoms with van der Waals surface area (Å²) < 4.78 is 11.0. The van der Waals surface area contributed by atoms with Gasteiger partial charge in [-0.2, -0.15) is 5.10 Å². The Hall–Kier alpha value is -1.40. The van der Waals surface area contributed by atoms with Crippen molar-refractivity contribution < 1.29 is 14.3 Å². The fourth-order valence-corrected chi connectivity index (χ4v) is 2.27. The maximum Gasteiger partial charge on any atom is 0.272 e. The SMILES string of the molecule is COC[C@@H]1CN(C(=O)c2ccn[nH]2)CC(C)(C)O1. The van der Waals surface area contributed by atoms with Crippen molar-refractivity contribution in [3.05, 3.63) is 18.0 Å². The molecule has 1 atom stereocenters. The Morgan fingerprint density at radius 3 is 3.11 bits per heavy atom. The number of carbonyl (C=O) groups is 1. The summed E-state index contributed by atoms with van der Waals surface area (Å²) in [5.41, 5.74) is 0.140. The number of hydrogen-bond acceptors (Lipinski definition) is 4. The van der Waals surface area contributed by atoms with E-state index in [1.54, 1.807) is 24.3 Å². The molecule has 1 saturated heterocycles. The highest BCUT2D eigenvalue weighted by Crippen LogP contribution is 2.22. The zero-order chi connectivity index (χ0) is 13.2. The largest absolute Gasteiger partial charge is 0.382 e. The van der Waals surface area contributed by atoms with E-state index in [-0.39, 0.29) is 17.6 Å². The first kappa shape index (κ1) is 13.0. The average molecular weight is 253 g/mol. The topological polar surface area (TPSA) is 67.5 Å². The number of carbonyl (C=O) groups excluding carboxylic acids is 1. The van der Waals surface area contributed by atoms with Crippen molar-refractivity contribution in [3.8, 4) is 0 Å². The number of hydrogen-bond donors (Lipinski definition) is 1. The zero-order valence-electron chi connectivity index (χ0n) is 11.0. The van der Waals surface area contributed by atoms with E-state index in [2.05, 4.69) is 10.2 Å². The van der Waals surface area contributed by atoms with Crippen LogP contribution in [0.1, 0.15) is 24.3 Å². The van der Waals surface area contributed by atoms with Crippen molar-refractivity contribution in [2.24, 2.45) is 0 Å². The highest BCUT2D eigenvalue weighted by Gasteiger charge is 2.36. The number of aromatic amines is 1. The normalized spacial score (nSPS) is 23.1. The fraction of sp³-hybridized carbons (Fsp3) is 0.667. The van der Waals surface area contributed by atoms with Crippen LogP contribution in [0.3, 0.4) is 0 Å². The van der Waals surface area contributed by atoms with Gasteiger partial charge in [0.2, 0.25) is 0 Å². The molecular formula is C12H19N3O3. The number of ether oxygens (including phenoxy) is 2. The molecular weight excluding hydrogens is 234 g/mol. The summed E-state index contributed by atoms with van der Waals surface area (Å²) in [6, 6.07) is 1.68. The van der Waals surface area contributed by atoms with E-state index in [0.29, 0.717) is 25.4 Å². The third-order valence-electron chi connectivity index (χ3n) is 2.85. The summed E-state index contributed by atoms with van der Waals surface area (Å²) in [5.74, 6) is -0.0509. The number of H-pyrrole nitrogens is 1. The van der Waals surface area contributed by atoms with Crippen LogP contribution in [0.4, 0.5) is 0 Å². The Morgan fingerprint density at radius 2 is 2.50 bits per heavy atom. The van der Waals surface area contributed by atoms with Gasteiger partial charge in [0.25, 0.3) is 5.91 Å². The summed E-state index contributed by atoms with van der Waals surface area (Å²) in [6.07, 6.45) is 1.48. The van der Waals surface area contributed by atoms with Crippen LogP contribution in [0.15, 0.2) is 12.3 Å². The lowest BCUT2D eigenvalue weighted by Crippen LogP contribution is -2.55. The second-order valence-electron chi connectivity index (χ2n) is 5.11. The van der Waals surface area contributed by atoms with E-state index in [9.17, 15) is 4.79 Å². The minimum atomic E-state index is -0.364. The minimum absolute atomic E-state index is 0.0509. The molecule has 18 heavy (non-hydrogen) atoms. The van der Waals surface area contributed by atoms with Crippen molar-refractivity contribution in [1.82, 2.24) is 15.1 Å². The zero-order valence-corrected chi connectivity index (χ0v) is 11.0. The lowest BCUT2D eigenvalue weighted by atomic mass is 10.0. The maximum atomic E-state index is 12.3. The van der Waals surface area contributed by atoms with Crippen LogP contribution in [0, 0.1) is 0 Å². The second-order valence-corrected chi connectivity index (χ2v) is 5.11. The lowest BCUT2D eigenvalue weighted by molar-refractivity contribution is -0.143. The van der Waals surface area contributed by atoms with Crippen LogP contribution in [0.2, 0.25) is 0 Å². The molecule has 1 aliphatic heterocycles. The van der Waals surface area contributed by atoms with Gasteiger partial charge in [-0.05, 0) is 19.9 Å². The monoisotopic (exact) mass is 253 g/mol. The first-order valence-electron chi connectivity index (χ1n) is 5.97. The van der Waals surface area contributed by atoms with Gasteiger partial charge in [0.1, 0.15) is 5.69 Å². The third-order valence-corrected chi connectivity index (χ3v) is 2.85. The Balaban J connectivity index is 2.10. The van der Waals surface area contributed by atoms with E-state index < -0.39 is 0 Å². The summed E-state index contributed by atoms with van der Waals surface area (Å²) in [4.78, 5) is 14.0. The van der Waals surface area contributed by atoms with Crippen LogP contribution in [0.5, 0.6) is 0 Å². The first-order chi connectivity index (χ1) is 8.52. The van der Waals surface area contributed by atoms with Gasteiger partial charge < -0.3 is 14.4 Å². The number of morpholine rings is 1. The van der Waals surface area contributed by atoms with Crippen LogP contribution < -0.4 is 0 Å². The number of nitrogens with zero attached hydrogens (tertiary/aromatic N) is 2. The predicted octanol–water partition coefficient (Wildman–Crippen LogP) is 0.676. The molecule has 0 spiro atoms. The van der Waals surface area contributed by atoms with Gasteiger partial charge in [-0.25, -0.2) is 0 Å². The van der Waals surface area contributed by atoms with Gasteiger partial charge in [0.05, 0.1) is 18.3 Å². The van der Waals surface area contributed by atoms with E-state index in [1.165, 1.54) is 0 Å². The lowest BCUT2D eigenvalue weighted by Gasteiger charge is -2.42. The maximum absolute atomic E-state index is 12.3. The van der Waals surface area contributed by atoms with Gasteiger partial charge in [0, 0.05) is 26.4 Å². The molecule has 1 aromatic rings. The Kier molecular flexibility index (Phi) is 3.68. The average Bonchev–Trinajstić information content (AvgIpc) is 2.79. The van der Waals surface area contributed by atoms with E-state index in [4.69, 9.17) is 9.47 Å². The van der Waals surface area contributed by atoms with E-state index >= 15 is 0 Å². The Morgan fingerprint density at radius 1 is 1.72 bits per heavy atom. The van der Waals surface area contributed by atoms with E-state index in [0.717, 1.165) is 0 Å². The first-order valence-corrected chi connectivity index (χ1v) is 5.97. The molecule has 1 amide bonds. The minimum Gasteiger partial charge on any atom is -0.382 e. The second kappa shape index (κ2) is 5.07. The molecule has 1 fully saturated rings. The number of methoxy groups -OCH3 is 1. The molecule has 0 saturated carbocycles. The van der Waals surface area contributed by atoms with Crippen molar-refractivity contribution >= 4 is 5.91 Å². The molecule has 1 aliphatic rings. The van der Waals surface area contributed by atoms with Crippen LogP contribution in [-0.4, -0.2) is 59.5 Å². The summed E-state index contributed by atoms with van der Waals surface area (Å²) in [5, 5.41) is 6.50. The molecule has 0 unspecified atom stereocenters. The molecule has 0 bridgehead atoms. The van der Waals surface area contributed by atoms with Crippen molar-refractivity contribution in [1.29, 1.82) is 0 Å². The number of rotatable bonds is 3. The van der Waals surface area contributed by atoms with Gasteiger partial charge in [-0.1, -0.05) is 0 Å². The highest BCUT2D eigenvalue weighted by molar-refractivity contribution is 5.92. The van der Waals surface area contributed by atoms with Crippen molar-refractivity contribution in [3.63, 3.8) is 0 Å². The van der Waals surface area contributed by atoms with Gasteiger partial charge in [-0.3, -0.25) is 9.89 Å². The number of aromatic nitrogens is 2. The summed E-state index contributed by atoms with van der Waals surface area (Å²) in [6.45, 7) is 5.53.